The van der Waals surface area contributed by atoms with Crippen molar-refractivity contribution in [2.24, 2.45) is 5.92 Å². The molecule has 1 unspecified atom stereocenters. The number of methoxy groups -OCH3 is 2. The van der Waals surface area contributed by atoms with Crippen LogP contribution in [0.5, 0.6) is 0 Å². The van der Waals surface area contributed by atoms with Crippen molar-refractivity contribution in [3.05, 3.63) is 35.9 Å². The third kappa shape index (κ3) is 7.31. The molecule has 0 spiro atoms. The third-order valence-electron chi connectivity index (χ3n) is 4.01. The monoisotopic (exact) mass is 354 g/mol. The maximum absolute atomic E-state index is 12.8. The Kier molecular flexibility index (Phi) is 9.30. The lowest BCUT2D eigenvalue weighted by Crippen LogP contribution is -2.52. The van der Waals surface area contributed by atoms with Gasteiger partial charge in [0.05, 0.1) is 25.6 Å². The average molecular weight is 354 g/mol. The largest absolute Gasteiger partial charge is 0.481 e. The summed E-state index contributed by atoms with van der Waals surface area (Å²) in [6.45, 7) is 1.21. The first-order chi connectivity index (χ1) is 11.9. The molecule has 0 aliphatic carbocycles. The predicted octanol–water partition coefficient (Wildman–Crippen LogP) is 1.52. The third-order valence-corrected chi connectivity index (χ3v) is 4.01. The summed E-state index contributed by atoms with van der Waals surface area (Å²) in [7, 11) is 4.71. The van der Waals surface area contributed by atoms with E-state index in [1.54, 1.807) is 21.3 Å². The van der Waals surface area contributed by atoms with E-state index in [9.17, 15) is 14.7 Å². The zero-order valence-electron chi connectivity index (χ0n) is 15.1. The fourth-order valence-corrected chi connectivity index (χ4v) is 2.40. The first-order valence-electron chi connectivity index (χ1n) is 8.21. The van der Waals surface area contributed by atoms with Crippen LogP contribution in [0.15, 0.2) is 30.3 Å². The molecule has 0 radical (unpaired) electrons. The Hall–Kier alpha value is -1.80. The lowest BCUT2D eigenvalue weighted by atomic mass is 9.95. The number of hydroxylamine groups is 3. The molecule has 1 aromatic carbocycles. The Bertz CT molecular complexity index is 536. The van der Waals surface area contributed by atoms with Gasteiger partial charge in [-0.05, 0) is 12.0 Å². The highest BCUT2D eigenvalue weighted by atomic mass is 16.7. The molecular weight excluding hydrogens is 326 g/mol. The van der Waals surface area contributed by atoms with Crippen LogP contribution in [-0.4, -0.2) is 69.3 Å². The zero-order chi connectivity index (χ0) is 18.7. The zero-order valence-corrected chi connectivity index (χ0v) is 15.1. The van der Waals surface area contributed by atoms with Crippen molar-refractivity contribution in [1.82, 2.24) is 0 Å². The van der Waals surface area contributed by atoms with E-state index in [0.29, 0.717) is 26.2 Å². The van der Waals surface area contributed by atoms with E-state index in [4.69, 9.17) is 14.3 Å². The molecule has 0 aliphatic rings. The minimum atomic E-state index is -0.993. The first-order valence-corrected chi connectivity index (χ1v) is 8.21. The highest BCUT2D eigenvalue weighted by Gasteiger charge is 2.37. The fourth-order valence-electron chi connectivity index (χ4n) is 2.40. The van der Waals surface area contributed by atoms with Gasteiger partial charge < -0.3 is 14.6 Å². The molecule has 0 fully saturated rings. The number of hydrogen-bond acceptors (Lipinski definition) is 5. The SMILES string of the molecule is COCCO[N+](C)(CCOC)C(=O)C[C@@H](Cc1ccccc1)C(=O)O. The van der Waals surface area contributed by atoms with Crippen molar-refractivity contribution in [2.45, 2.75) is 12.8 Å². The predicted molar refractivity (Wildman–Crippen MR) is 91.7 cm³/mol. The van der Waals surface area contributed by atoms with Gasteiger partial charge in [0.25, 0.3) is 0 Å². The molecule has 0 heterocycles. The lowest BCUT2D eigenvalue weighted by molar-refractivity contribution is -1.03. The van der Waals surface area contributed by atoms with Crippen molar-refractivity contribution in [1.29, 1.82) is 0 Å². The van der Waals surface area contributed by atoms with Crippen LogP contribution in [0.3, 0.4) is 0 Å². The number of ether oxygens (including phenoxy) is 2. The van der Waals surface area contributed by atoms with Crippen molar-refractivity contribution in [2.75, 3.05) is 47.6 Å². The number of carbonyl (C=O) groups excluding carboxylic acids is 1. The van der Waals surface area contributed by atoms with Gasteiger partial charge in [-0.3, -0.25) is 4.79 Å². The molecule has 7 nitrogen and oxygen atoms in total. The van der Waals surface area contributed by atoms with Crippen molar-refractivity contribution >= 4 is 11.9 Å². The number of likely N-dealkylation sites (N-methyl/N-ethyl adjacent to an activating group) is 1. The molecule has 0 saturated heterocycles. The summed E-state index contributed by atoms with van der Waals surface area (Å²) >= 11 is 0. The van der Waals surface area contributed by atoms with Crippen LogP contribution < -0.4 is 0 Å². The number of rotatable bonds is 12. The van der Waals surface area contributed by atoms with Gasteiger partial charge in [-0.1, -0.05) is 30.3 Å². The number of benzene rings is 1. The molecule has 1 amide bonds. The van der Waals surface area contributed by atoms with Gasteiger partial charge in [0.15, 0.2) is 0 Å². The van der Waals surface area contributed by atoms with Crippen molar-refractivity contribution in [3.8, 4) is 0 Å². The minimum absolute atomic E-state index is 0.114. The molecular formula is C18H28NO6+. The first kappa shape index (κ1) is 21.2. The molecule has 0 aromatic heterocycles. The number of nitrogens with zero attached hydrogens (tertiary/aromatic N) is 1. The van der Waals surface area contributed by atoms with Gasteiger partial charge in [0, 0.05) is 14.2 Å². The summed E-state index contributed by atoms with van der Waals surface area (Å²) in [6, 6.07) is 9.28. The maximum Gasteiger partial charge on any atom is 0.346 e. The van der Waals surface area contributed by atoms with E-state index >= 15 is 0 Å². The highest BCUT2D eigenvalue weighted by Crippen LogP contribution is 2.18. The number of quaternary nitrogens is 1. The van der Waals surface area contributed by atoms with Crippen LogP contribution >= 0.6 is 0 Å². The Labute approximate surface area is 148 Å². The molecule has 0 saturated carbocycles. The molecule has 7 heteroatoms. The summed E-state index contributed by atoms with van der Waals surface area (Å²) in [5, 5.41) is 9.49. The average Bonchev–Trinajstić information content (AvgIpc) is 2.60. The number of carboxylic acids is 1. The second-order valence-electron chi connectivity index (χ2n) is 5.97. The summed E-state index contributed by atoms with van der Waals surface area (Å²) in [5.74, 6) is -2.09. The van der Waals surface area contributed by atoms with Gasteiger partial charge in [0.1, 0.15) is 20.2 Å². The van der Waals surface area contributed by atoms with E-state index in [0.717, 1.165) is 5.56 Å². The normalized spacial score (nSPS) is 14.7. The Morgan fingerprint density at radius 1 is 1.08 bits per heavy atom. The summed E-state index contributed by atoms with van der Waals surface area (Å²) in [5.41, 5.74) is 0.883. The second kappa shape index (κ2) is 10.9. The maximum atomic E-state index is 12.8. The molecule has 1 rings (SSSR count). The molecule has 1 N–H and O–H groups in total. The quantitative estimate of drug-likeness (QED) is 0.348. The van der Waals surface area contributed by atoms with Crippen LogP contribution in [0.25, 0.3) is 0 Å². The van der Waals surface area contributed by atoms with E-state index in [-0.39, 0.29) is 23.6 Å². The number of amides is 1. The summed E-state index contributed by atoms with van der Waals surface area (Å²) in [6.07, 6.45) is 0.182. The highest BCUT2D eigenvalue weighted by molar-refractivity contribution is 5.78. The van der Waals surface area contributed by atoms with Crippen LogP contribution in [0.2, 0.25) is 0 Å². The lowest BCUT2D eigenvalue weighted by Gasteiger charge is -2.29. The van der Waals surface area contributed by atoms with E-state index < -0.39 is 11.9 Å². The summed E-state index contributed by atoms with van der Waals surface area (Å²) < 4.78 is 9.66. The van der Waals surface area contributed by atoms with Gasteiger partial charge in [-0.2, -0.15) is 4.84 Å². The Balaban J connectivity index is 2.80. The number of aliphatic carboxylic acids is 1. The smallest absolute Gasteiger partial charge is 0.346 e. The van der Waals surface area contributed by atoms with Gasteiger partial charge in [0.2, 0.25) is 0 Å². The van der Waals surface area contributed by atoms with Crippen LogP contribution in [0.1, 0.15) is 12.0 Å². The Morgan fingerprint density at radius 2 is 1.72 bits per heavy atom. The Morgan fingerprint density at radius 3 is 2.28 bits per heavy atom. The molecule has 2 atom stereocenters. The molecule has 140 valence electrons. The van der Waals surface area contributed by atoms with Crippen LogP contribution in [-0.2, 0) is 30.3 Å². The van der Waals surface area contributed by atoms with E-state index in [1.807, 2.05) is 30.3 Å². The fraction of sp³-hybridized carbons (Fsp3) is 0.556. The van der Waals surface area contributed by atoms with E-state index in [2.05, 4.69) is 0 Å². The van der Waals surface area contributed by atoms with Gasteiger partial charge in [-0.15, -0.1) is 4.65 Å². The summed E-state index contributed by atoms with van der Waals surface area (Å²) in [4.78, 5) is 30.0. The molecule has 0 bridgehead atoms. The second-order valence-corrected chi connectivity index (χ2v) is 5.97. The van der Waals surface area contributed by atoms with Crippen LogP contribution in [0.4, 0.5) is 0 Å². The van der Waals surface area contributed by atoms with Crippen LogP contribution in [0, 0.1) is 5.92 Å². The van der Waals surface area contributed by atoms with E-state index in [1.165, 1.54) is 0 Å². The minimum Gasteiger partial charge on any atom is -0.481 e. The molecule has 25 heavy (non-hydrogen) atoms. The molecule has 0 aliphatic heterocycles. The molecule has 1 aromatic rings. The number of carbonyl (C=O) groups is 2. The van der Waals surface area contributed by atoms with Crippen molar-refractivity contribution < 1.29 is 33.7 Å². The number of carboxylic acid groups (broad SMARTS) is 1. The van der Waals surface area contributed by atoms with Gasteiger partial charge >= 0.3 is 11.9 Å². The van der Waals surface area contributed by atoms with Crippen molar-refractivity contribution in [3.63, 3.8) is 0 Å². The number of hydrogen-bond donors (Lipinski definition) is 1. The topological polar surface area (TPSA) is 82.1 Å². The standard InChI is InChI=1S/C18H27NO6/c1-19(9-10-23-2,25-12-11-24-3)17(20)14-16(18(21)22)13-15-7-5-4-6-8-15/h4-8,16H,9-14H2,1-3H3/p+1/t16-,19?/m1/s1. The van der Waals surface area contributed by atoms with Gasteiger partial charge in [-0.25, -0.2) is 4.79 Å².